The fourth-order valence-electron chi connectivity index (χ4n) is 2.32. The van der Waals surface area contributed by atoms with Gasteiger partial charge in [-0.2, -0.15) is 0 Å². The van der Waals surface area contributed by atoms with E-state index in [0.717, 1.165) is 0 Å². The number of carbonyl (C=O) groups is 1. The number of rotatable bonds is 3. The van der Waals surface area contributed by atoms with Crippen LogP contribution in [0.1, 0.15) is 24.3 Å². The molecule has 1 unspecified atom stereocenters. The van der Waals surface area contributed by atoms with Gasteiger partial charge in [0.05, 0.1) is 11.7 Å². The number of carbonyl (C=O) groups excluding carboxylic acids is 1. The summed E-state index contributed by atoms with van der Waals surface area (Å²) in [7, 11) is 0. The smallest absolute Gasteiger partial charge is 0.321 e. The van der Waals surface area contributed by atoms with Crippen LogP contribution >= 0.6 is 15.9 Å². The third-order valence-electron chi connectivity index (χ3n) is 3.04. The SMILES string of the molecule is CC1(C)CN(C(=O)c2ccc([N+](=O)[O-])[nH]2)CC(CBr)O1. The van der Waals surface area contributed by atoms with E-state index in [4.69, 9.17) is 4.74 Å². The van der Waals surface area contributed by atoms with Crippen molar-refractivity contribution in [2.24, 2.45) is 0 Å². The Hall–Kier alpha value is -1.41. The number of morpholine rings is 1. The Bertz CT molecular complexity index is 529. The zero-order valence-electron chi connectivity index (χ0n) is 11.3. The number of nitrogens with one attached hydrogen (secondary N) is 1. The molecule has 20 heavy (non-hydrogen) atoms. The lowest BCUT2D eigenvalue weighted by Crippen LogP contribution is -2.55. The Morgan fingerprint density at radius 3 is 2.90 bits per heavy atom. The molecular formula is C12H16BrN3O4. The van der Waals surface area contributed by atoms with Gasteiger partial charge >= 0.3 is 5.82 Å². The first-order valence-corrected chi connectivity index (χ1v) is 7.31. The van der Waals surface area contributed by atoms with Crippen molar-refractivity contribution in [2.75, 3.05) is 18.4 Å². The molecule has 2 rings (SSSR count). The maximum Gasteiger partial charge on any atom is 0.321 e. The van der Waals surface area contributed by atoms with E-state index < -0.39 is 10.5 Å². The minimum Gasteiger partial charge on any atom is -0.368 e. The Balaban J connectivity index is 2.16. The van der Waals surface area contributed by atoms with Gasteiger partial charge in [0.1, 0.15) is 0 Å². The predicted octanol–water partition coefficient (Wildman–Crippen LogP) is 1.94. The number of hydrogen-bond acceptors (Lipinski definition) is 4. The average Bonchev–Trinajstić information content (AvgIpc) is 2.85. The summed E-state index contributed by atoms with van der Waals surface area (Å²) in [6.45, 7) is 4.74. The molecule has 1 atom stereocenters. The summed E-state index contributed by atoms with van der Waals surface area (Å²) in [4.78, 5) is 26.7. The fraction of sp³-hybridized carbons (Fsp3) is 0.583. The number of amides is 1. The standard InChI is InChI=1S/C12H16BrN3O4/c1-12(2)7-15(6-8(5-13)20-12)11(17)9-3-4-10(14-9)16(18)19/h3-4,8,14H,5-7H2,1-2H3. The summed E-state index contributed by atoms with van der Waals surface area (Å²) in [5.41, 5.74) is -0.215. The number of aromatic amines is 1. The molecule has 1 aliphatic heterocycles. The number of nitrogens with zero attached hydrogens (tertiary/aromatic N) is 2. The quantitative estimate of drug-likeness (QED) is 0.515. The molecular weight excluding hydrogens is 330 g/mol. The molecule has 1 aromatic rings. The number of alkyl halides is 1. The minimum atomic E-state index is -0.554. The number of hydrogen-bond donors (Lipinski definition) is 1. The van der Waals surface area contributed by atoms with Crippen LogP contribution in [0.5, 0.6) is 0 Å². The van der Waals surface area contributed by atoms with Crippen LogP contribution in [0.4, 0.5) is 5.82 Å². The molecule has 1 aromatic heterocycles. The van der Waals surface area contributed by atoms with Gasteiger partial charge in [-0.15, -0.1) is 0 Å². The zero-order valence-corrected chi connectivity index (χ0v) is 12.8. The normalized spacial score (nSPS) is 21.8. The number of aromatic nitrogens is 1. The molecule has 0 spiro atoms. The van der Waals surface area contributed by atoms with Crippen molar-refractivity contribution in [3.05, 3.63) is 27.9 Å². The van der Waals surface area contributed by atoms with E-state index in [-0.39, 0.29) is 23.5 Å². The molecule has 1 aliphatic rings. The monoisotopic (exact) mass is 345 g/mol. The van der Waals surface area contributed by atoms with E-state index in [2.05, 4.69) is 20.9 Å². The Morgan fingerprint density at radius 1 is 1.65 bits per heavy atom. The second-order valence-corrected chi connectivity index (χ2v) is 6.00. The summed E-state index contributed by atoms with van der Waals surface area (Å²) in [6.07, 6.45) is -0.0901. The Kier molecular flexibility index (Phi) is 4.14. The van der Waals surface area contributed by atoms with Crippen molar-refractivity contribution in [3.63, 3.8) is 0 Å². The molecule has 1 amide bonds. The summed E-state index contributed by atoms with van der Waals surface area (Å²) in [5, 5.41) is 11.3. The van der Waals surface area contributed by atoms with Gasteiger partial charge in [-0.25, -0.2) is 4.98 Å². The first-order valence-electron chi connectivity index (χ1n) is 6.19. The van der Waals surface area contributed by atoms with E-state index in [1.54, 1.807) is 4.90 Å². The van der Waals surface area contributed by atoms with Crippen LogP contribution in [0.15, 0.2) is 12.1 Å². The third kappa shape index (κ3) is 3.18. The fourth-order valence-corrected chi connectivity index (χ4v) is 2.65. The van der Waals surface area contributed by atoms with Gasteiger partial charge in [-0.05, 0) is 24.8 Å². The highest BCUT2D eigenvalue weighted by Crippen LogP contribution is 2.23. The van der Waals surface area contributed by atoms with Gasteiger partial charge in [0.2, 0.25) is 0 Å². The lowest BCUT2D eigenvalue weighted by atomic mass is 10.1. The van der Waals surface area contributed by atoms with Gasteiger partial charge in [0.25, 0.3) is 5.91 Å². The summed E-state index contributed by atoms with van der Waals surface area (Å²) in [6, 6.07) is 2.73. The number of nitro groups is 1. The molecule has 1 saturated heterocycles. The van der Waals surface area contributed by atoms with Crippen molar-refractivity contribution < 1.29 is 14.5 Å². The highest BCUT2D eigenvalue weighted by atomic mass is 79.9. The largest absolute Gasteiger partial charge is 0.368 e. The topological polar surface area (TPSA) is 88.5 Å². The lowest BCUT2D eigenvalue weighted by molar-refractivity contribution is -0.389. The number of H-pyrrole nitrogens is 1. The van der Waals surface area contributed by atoms with Crippen molar-refractivity contribution in [1.82, 2.24) is 9.88 Å². The third-order valence-corrected chi connectivity index (χ3v) is 3.76. The van der Waals surface area contributed by atoms with Crippen LogP contribution in [-0.4, -0.2) is 50.8 Å². The van der Waals surface area contributed by atoms with E-state index in [1.807, 2.05) is 13.8 Å². The van der Waals surface area contributed by atoms with Crippen LogP contribution in [0.3, 0.4) is 0 Å². The molecule has 0 radical (unpaired) electrons. The Labute approximate surface area is 124 Å². The second-order valence-electron chi connectivity index (χ2n) is 5.35. The van der Waals surface area contributed by atoms with Crippen LogP contribution < -0.4 is 0 Å². The first-order chi connectivity index (χ1) is 9.32. The van der Waals surface area contributed by atoms with Crippen molar-refractivity contribution in [3.8, 4) is 0 Å². The highest BCUT2D eigenvalue weighted by Gasteiger charge is 2.36. The van der Waals surface area contributed by atoms with E-state index >= 15 is 0 Å². The van der Waals surface area contributed by atoms with Crippen LogP contribution in [-0.2, 0) is 4.74 Å². The zero-order chi connectivity index (χ0) is 14.9. The van der Waals surface area contributed by atoms with Crippen LogP contribution in [0.25, 0.3) is 0 Å². The average molecular weight is 346 g/mol. The maximum absolute atomic E-state index is 12.4. The summed E-state index contributed by atoms with van der Waals surface area (Å²) >= 11 is 3.36. The minimum absolute atomic E-state index is 0.0901. The number of halogens is 1. The molecule has 7 nitrogen and oxygen atoms in total. The molecule has 1 N–H and O–H groups in total. The molecule has 0 aliphatic carbocycles. The van der Waals surface area contributed by atoms with Gasteiger partial charge in [0.15, 0.2) is 5.69 Å². The molecule has 1 fully saturated rings. The van der Waals surface area contributed by atoms with Gasteiger partial charge in [-0.3, -0.25) is 4.79 Å². The molecule has 2 heterocycles. The van der Waals surface area contributed by atoms with Gasteiger partial charge < -0.3 is 19.8 Å². The maximum atomic E-state index is 12.4. The van der Waals surface area contributed by atoms with Crippen LogP contribution in [0, 0.1) is 10.1 Å². The van der Waals surface area contributed by atoms with E-state index in [0.29, 0.717) is 18.4 Å². The molecule has 0 aromatic carbocycles. The molecule has 110 valence electrons. The van der Waals surface area contributed by atoms with Crippen molar-refractivity contribution in [2.45, 2.75) is 25.6 Å². The molecule has 8 heteroatoms. The van der Waals surface area contributed by atoms with Crippen molar-refractivity contribution >= 4 is 27.7 Å². The number of ether oxygens (including phenoxy) is 1. The second kappa shape index (κ2) is 5.53. The summed E-state index contributed by atoms with van der Waals surface area (Å²) < 4.78 is 5.82. The molecule has 0 saturated carbocycles. The van der Waals surface area contributed by atoms with Crippen molar-refractivity contribution in [1.29, 1.82) is 0 Å². The highest BCUT2D eigenvalue weighted by molar-refractivity contribution is 9.09. The Morgan fingerprint density at radius 2 is 2.35 bits per heavy atom. The van der Waals surface area contributed by atoms with E-state index in [1.165, 1.54) is 12.1 Å². The van der Waals surface area contributed by atoms with Gasteiger partial charge in [0, 0.05) is 24.5 Å². The van der Waals surface area contributed by atoms with Crippen LogP contribution in [0.2, 0.25) is 0 Å². The van der Waals surface area contributed by atoms with Gasteiger partial charge in [-0.1, -0.05) is 15.9 Å². The summed E-state index contributed by atoms with van der Waals surface area (Å²) in [5.74, 6) is -0.432. The first kappa shape index (κ1) is 15.0. The predicted molar refractivity (Wildman–Crippen MR) is 76.1 cm³/mol. The lowest BCUT2D eigenvalue weighted by Gasteiger charge is -2.41. The molecule has 0 bridgehead atoms. The van der Waals surface area contributed by atoms with E-state index in [9.17, 15) is 14.9 Å².